The lowest BCUT2D eigenvalue weighted by Gasteiger charge is -2.27. The van der Waals surface area contributed by atoms with E-state index in [1.807, 2.05) is 0 Å². The van der Waals surface area contributed by atoms with Crippen LogP contribution in [0.15, 0.2) is 12.1 Å². The molecule has 0 aromatic heterocycles. The third-order valence-corrected chi connectivity index (χ3v) is 4.65. The summed E-state index contributed by atoms with van der Waals surface area (Å²) in [5.41, 5.74) is 6.23. The molecule has 1 saturated heterocycles. The fraction of sp³-hybridized carbons (Fsp3) is 0.556. The molecule has 8 heteroatoms. The average Bonchev–Trinajstić information content (AvgIpc) is 2.65. The first kappa shape index (κ1) is 19.8. The molecule has 1 unspecified atom stereocenters. The van der Waals surface area contributed by atoms with Crippen molar-refractivity contribution in [3.8, 4) is 17.2 Å². The molecule has 1 aliphatic rings. The fourth-order valence-corrected chi connectivity index (χ4v) is 3.28. The van der Waals surface area contributed by atoms with E-state index in [1.165, 1.54) is 0 Å². The number of methoxy groups -OCH3 is 3. The standard InChI is InChI=1S/C18H27N3O5/c1-24-14-7-12(8-15(25-2)17(14)26-3)9-20-16(22)11-21-6-4-5-13(10-21)18(19)23/h7-8,13H,4-6,9-11H2,1-3H3,(H2,19,23)(H,20,22)/p+1/t13-/m1/s1. The van der Waals surface area contributed by atoms with Crippen LogP contribution < -0.4 is 30.2 Å². The maximum absolute atomic E-state index is 12.3. The van der Waals surface area contributed by atoms with Crippen molar-refractivity contribution in [1.82, 2.24) is 5.32 Å². The number of ether oxygens (including phenoxy) is 3. The number of primary amides is 1. The third-order valence-electron chi connectivity index (χ3n) is 4.65. The molecule has 144 valence electrons. The van der Waals surface area contributed by atoms with Gasteiger partial charge in [-0.05, 0) is 30.5 Å². The molecule has 0 spiro atoms. The minimum Gasteiger partial charge on any atom is -0.493 e. The van der Waals surface area contributed by atoms with Crippen molar-refractivity contribution in [2.24, 2.45) is 11.7 Å². The second-order valence-electron chi connectivity index (χ2n) is 6.43. The van der Waals surface area contributed by atoms with Gasteiger partial charge in [-0.15, -0.1) is 0 Å². The first-order valence-corrected chi connectivity index (χ1v) is 8.67. The van der Waals surface area contributed by atoms with Gasteiger partial charge in [0, 0.05) is 6.54 Å². The van der Waals surface area contributed by atoms with Gasteiger partial charge >= 0.3 is 0 Å². The van der Waals surface area contributed by atoms with Crippen molar-refractivity contribution in [3.63, 3.8) is 0 Å². The number of amides is 2. The van der Waals surface area contributed by atoms with Crippen LogP contribution in [0.5, 0.6) is 17.2 Å². The van der Waals surface area contributed by atoms with E-state index < -0.39 is 0 Å². The van der Waals surface area contributed by atoms with Crippen LogP contribution in [0.25, 0.3) is 0 Å². The van der Waals surface area contributed by atoms with Gasteiger partial charge in [0.05, 0.1) is 40.3 Å². The molecule has 0 radical (unpaired) electrons. The van der Waals surface area contributed by atoms with Crippen LogP contribution in [0.2, 0.25) is 0 Å². The highest BCUT2D eigenvalue weighted by atomic mass is 16.5. The van der Waals surface area contributed by atoms with Gasteiger partial charge in [0.25, 0.3) is 5.91 Å². The average molecular weight is 366 g/mol. The predicted molar refractivity (Wildman–Crippen MR) is 95.4 cm³/mol. The lowest BCUT2D eigenvalue weighted by Crippen LogP contribution is -3.14. The van der Waals surface area contributed by atoms with Gasteiger partial charge in [0.1, 0.15) is 0 Å². The van der Waals surface area contributed by atoms with Crippen LogP contribution >= 0.6 is 0 Å². The molecule has 2 rings (SSSR count). The zero-order chi connectivity index (χ0) is 19.1. The molecule has 2 atom stereocenters. The van der Waals surface area contributed by atoms with Crippen LogP contribution in [0.1, 0.15) is 18.4 Å². The summed E-state index contributed by atoms with van der Waals surface area (Å²) in [6, 6.07) is 3.61. The number of hydrogen-bond donors (Lipinski definition) is 3. The van der Waals surface area contributed by atoms with E-state index in [9.17, 15) is 9.59 Å². The van der Waals surface area contributed by atoms with Crippen LogP contribution in [0, 0.1) is 5.92 Å². The fourth-order valence-electron chi connectivity index (χ4n) is 3.28. The highest BCUT2D eigenvalue weighted by molar-refractivity contribution is 5.77. The van der Waals surface area contributed by atoms with Crippen molar-refractivity contribution in [2.45, 2.75) is 19.4 Å². The van der Waals surface area contributed by atoms with E-state index in [0.717, 1.165) is 29.8 Å². The van der Waals surface area contributed by atoms with E-state index in [-0.39, 0.29) is 17.7 Å². The summed E-state index contributed by atoms with van der Waals surface area (Å²) in [5.74, 6) is 1.12. The summed E-state index contributed by atoms with van der Waals surface area (Å²) >= 11 is 0. The van der Waals surface area contributed by atoms with Crippen LogP contribution in [-0.4, -0.2) is 52.8 Å². The van der Waals surface area contributed by atoms with Crippen molar-refractivity contribution in [2.75, 3.05) is 41.0 Å². The summed E-state index contributed by atoms with van der Waals surface area (Å²) in [6.45, 7) is 2.17. The lowest BCUT2D eigenvalue weighted by molar-refractivity contribution is -0.899. The molecule has 1 aromatic rings. The highest BCUT2D eigenvalue weighted by Gasteiger charge is 2.28. The Morgan fingerprint density at radius 1 is 1.19 bits per heavy atom. The zero-order valence-electron chi connectivity index (χ0n) is 15.6. The second kappa shape index (κ2) is 9.28. The Bertz CT molecular complexity index is 625. The van der Waals surface area contributed by atoms with Crippen molar-refractivity contribution in [1.29, 1.82) is 0 Å². The quantitative estimate of drug-likeness (QED) is 0.554. The number of hydrogen-bond acceptors (Lipinski definition) is 5. The minimum atomic E-state index is -0.278. The Morgan fingerprint density at radius 2 is 1.85 bits per heavy atom. The largest absolute Gasteiger partial charge is 0.493 e. The van der Waals surface area contributed by atoms with Crippen LogP contribution in [-0.2, 0) is 16.1 Å². The topological polar surface area (TPSA) is 104 Å². The number of nitrogens with two attached hydrogens (primary N) is 1. The van der Waals surface area contributed by atoms with Gasteiger partial charge in [0.15, 0.2) is 18.0 Å². The van der Waals surface area contributed by atoms with Gasteiger partial charge in [-0.3, -0.25) is 9.59 Å². The lowest BCUT2D eigenvalue weighted by atomic mass is 9.97. The van der Waals surface area contributed by atoms with Crippen LogP contribution in [0.4, 0.5) is 0 Å². The molecular formula is C18H28N3O5+. The van der Waals surface area contributed by atoms with Gasteiger partial charge in [-0.25, -0.2) is 0 Å². The number of carbonyl (C=O) groups is 2. The number of likely N-dealkylation sites (tertiary alicyclic amines) is 1. The molecule has 1 heterocycles. The molecule has 1 aromatic carbocycles. The van der Waals surface area contributed by atoms with E-state index in [1.54, 1.807) is 33.5 Å². The van der Waals surface area contributed by atoms with E-state index in [0.29, 0.717) is 36.9 Å². The number of carbonyl (C=O) groups excluding carboxylic acids is 2. The SMILES string of the molecule is COc1cc(CNC(=O)C[NH+]2CCC[C@@H](C(N)=O)C2)cc(OC)c1OC. The predicted octanol–water partition coefficient (Wildman–Crippen LogP) is -0.891. The third kappa shape index (κ3) is 5.01. The molecule has 4 N–H and O–H groups in total. The molecule has 1 fully saturated rings. The van der Waals surface area contributed by atoms with Gasteiger partial charge in [-0.2, -0.15) is 0 Å². The number of benzene rings is 1. The maximum Gasteiger partial charge on any atom is 0.275 e. The summed E-state index contributed by atoms with van der Waals surface area (Å²) in [6.07, 6.45) is 1.72. The number of piperidine rings is 1. The van der Waals surface area contributed by atoms with Gasteiger partial charge in [0.2, 0.25) is 11.7 Å². The summed E-state index contributed by atoms with van der Waals surface area (Å²) < 4.78 is 15.9. The molecule has 1 aliphatic heterocycles. The molecule has 0 saturated carbocycles. The number of quaternary nitrogens is 1. The molecule has 26 heavy (non-hydrogen) atoms. The smallest absolute Gasteiger partial charge is 0.275 e. The molecule has 8 nitrogen and oxygen atoms in total. The Balaban J connectivity index is 1.93. The second-order valence-corrected chi connectivity index (χ2v) is 6.43. The van der Waals surface area contributed by atoms with Crippen molar-refractivity contribution in [3.05, 3.63) is 17.7 Å². The Labute approximate surface area is 153 Å². The number of nitrogens with one attached hydrogen (secondary N) is 2. The zero-order valence-corrected chi connectivity index (χ0v) is 15.6. The monoisotopic (exact) mass is 366 g/mol. The molecule has 0 bridgehead atoms. The first-order chi connectivity index (χ1) is 12.5. The van der Waals surface area contributed by atoms with Crippen molar-refractivity contribution >= 4 is 11.8 Å². The molecule has 0 aliphatic carbocycles. The van der Waals surface area contributed by atoms with Crippen molar-refractivity contribution < 1.29 is 28.7 Å². The Hall–Kier alpha value is -2.48. The summed E-state index contributed by atoms with van der Waals surface area (Å²) in [5, 5.41) is 2.90. The Kier molecular flexibility index (Phi) is 7.08. The normalized spacial score (nSPS) is 19.5. The molecular weight excluding hydrogens is 338 g/mol. The summed E-state index contributed by atoms with van der Waals surface area (Å²) in [7, 11) is 4.64. The van der Waals surface area contributed by atoms with E-state index in [2.05, 4.69) is 5.32 Å². The van der Waals surface area contributed by atoms with Crippen LogP contribution in [0.3, 0.4) is 0 Å². The minimum absolute atomic E-state index is 0.0705. The first-order valence-electron chi connectivity index (χ1n) is 8.67. The maximum atomic E-state index is 12.3. The molecule has 2 amide bonds. The highest BCUT2D eigenvalue weighted by Crippen LogP contribution is 2.38. The van der Waals surface area contributed by atoms with E-state index >= 15 is 0 Å². The number of rotatable bonds is 8. The Morgan fingerprint density at radius 3 is 2.38 bits per heavy atom. The van der Waals surface area contributed by atoms with E-state index in [4.69, 9.17) is 19.9 Å². The van der Waals surface area contributed by atoms with Gasteiger partial charge < -0.3 is 30.2 Å². The summed E-state index contributed by atoms with van der Waals surface area (Å²) in [4.78, 5) is 24.7. The van der Waals surface area contributed by atoms with Gasteiger partial charge in [-0.1, -0.05) is 0 Å².